The number of methoxy groups -OCH3 is 1. The van der Waals surface area contributed by atoms with Crippen LogP contribution in [0.3, 0.4) is 0 Å². The Balaban J connectivity index is 2.33. The van der Waals surface area contributed by atoms with Crippen LogP contribution in [0.5, 0.6) is 5.75 Å². The Morgan fingerprint density at radius 1 is 1.53 bits per heavy atom. The van der Waals surface area contributed by atoms with Crippen molar-refractivity contribution in [1.29, 1.82) is 0 Å². The summed E-state index contributed by atoms with van der Waals surface area (Å²) in [7, 11) is 1.62. The SMILES string of the molecule is COc1ccc2c(C[C@H](N)C(N)=O)c[nH]c2c1. The standard InChI is InChI=1S/C12H15N3O2/c1-17-8-2-3-9-7(4-10(13)12(14)16)6-15-11(9)5-8/h2-3,5-6,10,15H,4,13H2,1H3,(H2,14,16)/t10-/m0/s1. The lowest BCUT2D eigenvalue weighted by molar-refractivity contribution is -0.119. The molecule has 1 heterocycles. The van der Waals surface area contributed by atoms with Crippen LogP contribution in [-0.4, -0.2) is 24.0 Å². The quantitative estimate of drug-likeness (QED) is 0.719. The number of nitrogens with one attached hydrogen (secondary N) is 1. The summed E-state index contributed by atoms with van der Waals surface area (Å²) in [5.41, 5.74) is 12.7. The molecule has 17 heavy (non-hydrogen) atoms. The average molecular weight is 233 g/mol. The zero-order valence-corrected chi connectivity index (χ0v) is 9.57. The van der Waals surface area contributed by atoms with Crippen LogP contribution in [0.2, 0.25) is 0 Å². The van der Waals surface area contributed by atoms with Crippen molar-refractivity contribution >= 4 is 16.8 Å². The highest BCUT2D eigenvalue weighted by Crippen LogP contribution is 2.23. The van der Waals surface area contributed by atoms with E-state index in [-0.39, 0.29) is 0 Å². The average Bonchev–Trinajstić information content (AvgIpc) is 2.71. The van der Waals surface area contributed by atoms with E-state index < -0.39 is 11.9 Å². The molecule has 1 atom stereocenters. The van der Waals surface area contributed by atoms with E-state index in [0.717, 1.165) is 22.2 Å². The summed E-state index contributed by atoms with van der Waals surface area (Å²) >= 11 is 0. The minimum Gasteiger partial charge on any atom is -0.497 e. The van der Waals surface area contributed by atoms with Gasteiger partial charge in [0.15, 0.2) is 0 Å². The summed E-state index contributed by atoms with van der Waals surface area (Å²) in [5.74, 6) is 0.290. The van der Waals surface area contributed by atoms with E-state index in [2.05, 4.69) is 4.98 Å². The molecule has 0 saturated heterocycles. The van der Waals surface area contributed by atoms with E-state index in [4.69, 9.17) is 16.2 Å². The predicted molar refractivity (Wildman–Crippen MR) is 65.7 cm³/mol. The lowest BCUT2D eigenvalue weighted by Gasteiger charge is -2.06. The number of H-pyrrole nitrogens is 1. The van der Waals surface area contributed by atoms with Crippen molar-refractivity contribution in [2.24, 2.45) is 11.5 Å². The fourth-order valence-corrected chi connectivity index (χ4v) is 1.80. The number of amides is 1. The van der Waals surface area contributed by atoms with Crippen molar-refractivity contribution in [1.82, 2.24) is 4.98 Å². The number of hydrogen-bond acceptors (Lipinski definition) is 3. The van der Waals surface area contributed by atoms with E-state index in [1.165, 1.54) is 0 Å². The monoisotopic (exact) mass is 233 g/mol. The van der Waals surface area contributed by atoms with Gasteiger partial charge in [0, 0.05) is 23.2 Å². The molecule has 90 valence electrons. The lowest BCUT2D eigenvalue weighted by atomic mass is 10.1. The third-order valence-corrected chi connectivity index (χ3v) is 2.78. The zero-order valence-electron chi connectivity index (χ0n) is 9.57. The molecule has 0 spiro atoms. The number of primary amides is 1. The number of fused-ring (bicyclic) bond motifs is 1. The summed E-state index contributed by atoms with van der Waals surface area (Å²) < 4.78 is 5.13. The van der Waals surface area contributed by atoms with Crippen LogP contribution in [0.15, 0.2) is 24.4 Å². The first kappa shape index (κ1) is 11.5. The summed E-state index contributed by atoms with van der Waals surface area (Å²) in [6.07, 6.45) is 2.27. The lowest BCUT2D eigenvalue weighted by Crippen LogP contribution is -2.38. The molecule has 0 radical (unpaired) electrons. The highest BCUT2D eigenvalue weighted by Gasteiger charge is 2.13. The second-order valence-electron chi connectivity index (χ2n) is 3.94. The number of carbonyl (C=O) groups is 1. The van der Waals surface area contributed by atoms with Crippen LogP contribution in [0.4, 0.5) is 0 Å². The van der Waals surface area contributed by atoms with Crippen molar-refractivity contribution in [2.45, 2.75) is 12.5 Å². The van der Waals surface area contributed by atoms with Crippen LogP contribution in [-0.2, 0) is 11.2 Å². The molecule has 2 aromatic rings. The first-order chi connectivity index (χ1) is 8.11. The van der Waals surface area contributed by atoms with Gasteiger partial charge in [0.25, 0.3) is 0 Å². The minimum atomic E-state index is -0.656. The molecule has 0 unspecified atom stereocenters. The molecule has 0 bridgehead atoms. The second kappa shape index (κ2) is 4.47. The predicted octanol–water partition coefficient (Wildman–Crippen LogP) is 0.532. The number of benzene rings is 1. The number of aromatic nitrogens is 1. The molecule has 5 heteroatoms. The maximum atomic E-state index is 10.9. The van der Waals surface area contributed by atoms with E-state index >= 15 is 0 Å². The topological polar surface area (TPSA) is 94.1 Å². The Hall–Kier alpha value is -2.01. The van der Waals surface area contributed by atoms with Gasteiger partial charge < -0.3 is 21.2 Å². The molecule has 5 nitrogen and oxygen atoms in total. The zero-order chi connectivity index (χ0) is 12.4. The van der Waals surface area contributed by atoms with Gasteiger partial charge in [0.1, 0.15) is 5.75 Å². The summed E-state index contributed by atoms with van der Waals surface area (Å²) in [4.78, 5) is 14.0. The van der Waals surface area contributed by atoms with Crippen LogP contribution in [0, 0.1) is 0 Å². The number of aromatic amines is 1. The number of nitrogens with two attached hydrogens (primary N) is 2. The van der Waals surface area contributed by atoms with Crippen molar-refractivity contribution in [3.8, 4) is 5.75 Å². The molecule has 2 rings (SSSR count). The summed E-state index contributed by atoms with van der Waals surface area (Å²) in [6, 6.07) is 5.05. The number of rotatable bonds is 4. The maximum Gasteiger partial charge on any atom is 0.234 e. The second-order valence-corrected chi connectivity index (χ2v) is 3.94. The maximum absolute atomic E-state index is 10.9. The summed E-state index contributed by atoms with van der Waals surface area (Å²) in [5, 5.41) is 1.03. The van der Waals surface area contributed by atoms with Gasteiger partial charge in [-0.3, -0.25) is 4.79 Å². The van der Waals surface area contributed by atoms with Crippen LogP contribution in [0.25, 0.3) is 10.9 Å². The largest absolute Gasteiger partial charge is 0.497 e. The third kappa shape index (κ3) is 2.24. The molecule has 0 aliphatic carbocycles. The first-order valence-corrected chi connectivity index (χ1v) is 5.30. The van der Waals surface area contributed by atoms with E-state index in [1.807, 2.05) is 24.4 Å². The Morgan fingerprint density at radius 3 is 2.94 bits per heavy atom. The van der Waals surface area contributed by atoms with Gasteiger partial charge >= 0.3 is 0 Å². The van der Waals surface area contributed by atoms with Gasteiger partial charge in [-0.05, 0) is 24.1 Å². The normalized spacial score (nSPS) is 12.6. The number of carbonyl (C=O) groups excluding carboxylic acids is 1. The molecule has 0 aliphatic rings. The van der Waals surface area contributed by atoms with Crippen LogP contribution < -0.4 is 16.2 Å². The van der Waals surface area contributed by atoms with Crippen molar-refractivity contribution in [3.05, 3.63) is 30.0 Å². The summed E-state index contributed by atoms with van der Waals surface area (Å²) in [6.45, 7) is 0. The Labute approximate surface area is 98.7 Å². The van der Waals surface area contributed by atoms with Gasteiger partial charge in [-0.2, -0.15) is 0 Å². The van der Waals surface area contributed by atoms with Gasteiger partial charge in [-0.15, -0.1) is 0 Å². The molecular formula is C12H15N3O2. The number of ether oxygens (including phenoxy) is 1. The van der Waals surface area contributed by atoms with Crippen LogP contribution >= 0.6 is 0 Å². The van der Waals surface area contributed by atoms with Crippen LogP contribution in [0.1, 0.15) is 5.56 Å². The molecule has 0 fully saturated rings. The number of hydrogen-bond donors (Lipinski definition) is 3. The highest BCUT2D eigenvalue weighted by atomic mass is 16.5. The fraction of sp³-hybridized carbons (Fsp3) is 0.250. The molecule has 0 saturated carbocycles. The third-order valence-electron chi connectivity index (χ3n) is 2.78. The Morgan fingerprint density at radius 2 is 2.29 bits per heavy atom. The molecule has 1 amide bonds. The van der Waals surface area contributed by atoms with Gasteiger partial charge in [-0.25, -0.2) is 0 Å². The molecule has 1 aromatic carbocycles. The highest BCUT2D eigenvalue weighted by molar-refractivity contribution is 5.86. The smallest absolute Gasteiger partial charge is 0.234 e. The van der Waals surface area contributed by atoms with Crippen molar-refractivity contribution in [3.63, 3.8) is 0 Å². The minimum absolute atomic E-state index is 0.432. The van der Waals surface area contributed by atoms with Crippen molar-refractivity contribution in [2.75, 3.05) is 7.11 Å². The molecule has 1 aromatic heterocycles. The molecular weight excluding hydrogens is 218 g/mol. The van der Waals surface area contributed by atoms with Gasteiger partial charge in [-0.1, -0.05) is 0 Å². The van der Waals surface area contributed by atoms with Gasteiger partial charge in [0.05, 0.1) is 13.2 Å². The fourth-order valence-electron chi connectivity index (χ4n) is 1.80. The van der Waals surface area contributed by atoms with Crippen molar-refractivity contribution < 1.29 is 9.53 Å². The Bertz CT molecular complexity index is 548. The van der Waals surface area contributed by atoms with E-state index in [1.54, 1.807) is 7.11 Å². The molecule has 5 N–H and O–H groups in total. The molecule has 0 aliphatic heterocycles. The van der Waals surface area contributed by atoms with E-state index in [0.29, 0.717) is 6.42 Å². The van der Waals surface area contributed by atoms with E-state index in [9.17, 15) is 4.79 Å². The van der Waals surface area contributed by atoms with Gasteiger partial charge in [0.2, 0.25) is 5.91 Å². The first-order valence-electron chi connectivity index (χ1n) is 5.30. The Kier molecular flexibility index (Phi) is 3.01.